The zero-order chi connectivity index (χ0) is 17.2. The molecule has 0 unspecified atom stereocenters. The minimum absolute atomic E-state index is 0.00635. The first kappa shape index (κ1) is 19.0. The second-order valence-corrected chi connectivity index (χ2v) is 7.99. The number of carbonyl (C=O) groups is 1. The van der Waals surface area contributed by atoms with Crippen molar-refractivity contribution in [1.29, 1.82) is 0 Å². The molecule has 0 radical (unpaired) electrons. The van der Waals surface area contributed by atoms with Crippen LogP contribution in [0.1, 0.15) is 35.5 Å². The monoisotopic (exact) mass is 363 g/mol. The summed E-state index contributed by atoms with van der Waals surface area (Å²) in [4.78, 5) is 14.7. The molecule has 3 nitrogen and oxygen atoms in total. The van der Waals surface area contributed by atoms with Crippen molar-refractivity contribution in [2.24, 2.45) is 5.92 Å². The standard InChI is InChI=1S/C19H25NO2S2/c1-15(2)13-22-11-6-10-20-19(21)17-8-3-4-9-18(17)24-14-16-7-5-12-23-16/h3-5,7-9,12,15H,6,10-11,13-14H2,1-2H3,(H,20,21). The molecule has 1 aromatic carbocycles. The van der Waals surface area contributed by atoms with Crippen LogP contribution in [0.15, 0.2) is 46.7 Å². The van der Waals surface area contributed by atoms with Crippen LogP contribution in [0.5, 0.6) is 0 Å². The predicted molar refractivity (Wildman–Crippen MR) is 103 cm³/mol. The zero-order valence-electron chi connectivity index (χ0n) is 14.3. The number of thiophene rings is 1. The molecule has 0 spiro atoms. The molecule has 24 heavy (non-hydrogen) atoms. The van der Waals surface area contributed by atoms with Gasteiger partial charge in [-0.05, 0) is 35.9 Å². The molecule has 2 aromatic rings. The maximum Gasteiger partial charge on any atom is 0.252 e. The lowest BCUT2D eigenvalue weighted by molar-refractivity contribution is 0.0922. The molecule has 0 aliphatic rings. The van der Waals surface area contributed by atoms with Gasteiger partial charge in [-0.25, -0.2) is 0 Å². The summed E-state index contributed by atoms with van der Waals surface area (Å²) in [7, 11) is 0. The largest absolute Gasteiger partial charge is 0.381 e. The minimum atomic E-state index is -0.00635. The molecule has 0 fully saturated rings. The predicted octanol–water partition coefficient (Wildman–Crippen LogP) is 4.83. The van der Waals surface area contributed by atoms with E-state index in [-0.39, 0.29) is 5.91 Å². The van der Waals surface area contributed by atoms with Gasteiger partial charge in [0.15, 0.2) is 0 Å². The Morgan fingerprint density at radius 3 is 2.83 bits per heavy atom. The number of ether oxygens (including phenoxy) is 1. The Morgan fingerprint density at radius 2 is 2.08 bits per heavy atom. The summed E-state index contributed by atoms with van der Waals surface area (Å²) in [6.45, 7) is 6.36. The molecule has 1 amide bonds. The Kier molecular flexibility index (Phi) is 8.36. The number of thioether (sulfide) groups is 1. The molecular weight excluding hydrogens is 338 g/mol. The molecule has 130 valence electrons. The summed E-state index contributed by atoms with van der Waals surface area (Å²) in [5, 5.41) is 5.07. The quantitative estimate of drug-likeness (QED) is 0.485. The van der Waals surface area contributed by atoms with Gasteiger partial charge in [0.2, 0.25) is 0 Å². The van der Waals surface area contributed by atoms with Crippen LogP contribution in [0.3, 0.4) is 0 Å². The minimum Gasteiger partial charge on any atom is -0.381 e. The lowest BCUT2D eigenvalue weighted by Crippen LogP contribution is -2.25. The molecule has 0 atom stereocenters. The topological polar surface area (TPSA) is 38.3 Å². The van der Waals surface area contributed by atoms with E-state index in [0.29, 0.717) is 19.1 Å². The van der Waals surface area contributed by atoms with Gasteiger partial charge in [-0.3, -0.25) is 4.79 Å². The highest BCUT2D eigenvalue weighted by molar-refractivity contribution is 7.98. The van der Waals surface area contributed by atoms with Gasteiger partial charge in [0.25, 0.3) is 5.91 Å². The highest BCUT2D eigenvalue weighted by Crippen LogP contribution is 2.27. The number of hydrogen-bond acceptors (Lipinski definition) is 4. The highest BCUT2D eigenvalue weighted by atomic mass is 32.2. The fourth-order valence-corrected chi connectivity index (χ4v) is 3.94. The molecule has 1 heterocycles. The van der Waals surface area contributed by atoms with Gasteiger partial charge in [-0.2, -0.15) is 0 Å². The first-order chi connectivity index (χ1) is 11.7. The molecule has 0 aliphatic heterocycles. The van der Waals surface area contributed by atoms with E-state index < -0.39 is 0 Å². The fourth-order valence-electron chi connectivity index (χ4n) is 2.11. The number of rotatable bonds is 10. The van der Waals surface area contributed by atoms with Gasteiger partial charge in [0.05, 0.1) is 5.56 Å². The van der Waals surface area contributed by atoms with E-state index in [4.69, 9.17) is 4.74 Å². The highest BCUT2D eigenvalue weighted by Gasteiger charge is 2.11. The Bertz CT molecular complexity index is 612. The van der Waals surface area contributed by atoms with Gasteiger partial charge < -0.3 is 10.1 Å². The summed E-state index contributed by atoms with van der Waals surface area (Å²) in [5.74, 6) is 1.44. The summed E-state index contributed by atoms with van der Waals surface area (Å²) in [6.07, 6.45) is 0.836. The number of benzene rings is 1. The first-order valence-electron chi connectivity index (χ1n) is 8.27. The molecule has 1 aromatic heterocycles. The Morgan fingerprint density at radius 1 is 1.25 bits per heavy atom. The molecule has 2 rings (SSSR count). The van der Waals surface area contributed by atoms with E-state index in [2.05, 4.69) is 36.7 Å². The smallest absolute Gasteiger partial charge is 0.252 e. The summed E-state index contributed by atoms with van der Waals surface area (Å²) in [6, 6.07) is 12.0. The van der Waals surface area contributed by atoms with E-state index in [9.17, 15) is 4.79 Å². The number of carbonyl (C=O) groups excluding carboxylic acids is 1. The maximum absolute atomic E-state index is 12.4. The van der Waals surface area contributed by atoms with Crippen LogP contribution in [0.4, 0.5) is 0 Å². The number of amides is 1. The first-order valence-corrected chi connectivity index (χ1v) is 10.1. The molecule has 0 saturated heterocycles. The normalized spacial score (nSPS) is 11.0. The summed E-state index contributed by atoms with van der Waals surface area (Å²) >= 11 is 3.45. The van der Waals surface area contributed by atoms with Gasteiger partial charge >= 0.3 is 0 Å². The lowest BCUT2D eigenvalue weighted by Gasteiger charge is -2.10. The van der Waals surface area contributed by atoms with Gasteiger partial charge in [0, 0.05) is 35.3 Å². The molecule has 5 heteroatoms. The van der Waals surface area contributed by atoms with Crippen molar-refractivity contribution >= 4 is 29.0 Å². The van der Waals surface area contributed by atoms with E-state index in [1.54, 1.807) is 23.1 Å². The van der Waals surface area contributed by atoms with Crippen LogP contribution < -0.4 is 5.32 Å². The van der Waals surface area contributed by atoms with Crippen molar-refractivity contribution in [3.05, 3.63) is 52.2 Å². The van der Waals surface area contributed by atoms with E-state index >= 15 is 0 Å². The van der Waals surface area contributed by atoms with Crippen LogP contribution in [-0.4, -0.2) is 25.7 Å². The molecular formula is C19H25NO2S2. The van der Waals surface area contributed by atoms with Crippen LogP contribution >= 0.6 is 23.1 Å². The third-order valence-corrected chi connectivity index (χ3v) is 5.47. The molecule has 0 bridgehead atoms. The third-order valence-electron chi connectivity index (χ3n) is 3.28. The SMILES string of the molecule is CC(C)COCCCNC(=O)c1ccccc1SCc1cccs1. The molecule has 1 N–H and O–H groups in total. The van der Waals surface area contributed by atoms with Crippen LogP contribution in [0, 0.1) is 5.92 Å². The fraction of sp³-hybridized carbons (Fsp3) is 0.421. The Balaban J connectivity index is 1.79. The van der Waals surface area contributed by atoms with E-state index in [1.807, 2.05) is 24.3 Å². The number of nitrogens with one attached hydrogen (secondary N) is 1. The second kappa shape index (κ2) is 10.5. The van der Waals surface area contributed by atoms with Crippen molar-refractivity contribution in [3.63, 3.8) is 0 Å². The van der Waals surface area contributed by atoms with Crippen LogP contribution in [0.2, 0.25) is 0 Å². The van der Waals surface area contributed by atoms with Crippen molar-refractivity contribution in [3.8, 4) is 0 Å². The van der Waals surface area contributed by atoms with Crippen molar-refractivity contribution in [1.82, 2.24) is 5.32 Å². The number of hydrogen-bond donors (Lipinski definition) is 1. The van der Waals surface area contributed by atoms with E-state index in [0.717, 1.165) is 29.2 Å². The van der Waals surface area contributed by atoms with Gasteiger partial charge in [-0.15, -0.1) is 23.1 Å². The lowest BCUT2D eigenvalue weighted by atomic mass is 10.2. The Hall–Kier alpha value is -1.30. The summed E-state index contributed by atoms with van der Waals surface area (Å²) in [5.41, 5.74) is 0.752. The van der Waals surface area contributed by atoms with Crippen molar-refractivity contribution in [2.75, 3.05) is 19.8 Å². The second-order valence-electron chi connectivity index (χ2n) is 5.94. The van der Waals surface area contributed by atoms with Gasteiger partial charge in [-0.1, -0.05) is 32.0 Å². The average molecular weight is 364 g/mol. The van der Waals surface area contributed by atoms with Gasteiger partial charge in [0.1, 0.15) is 0 Å². The third kappa shape index (κ3) is 6.67. The maximum atomic E-state index is 12.4. The van der Waals surface area contributed by atoms with E-state index in [1.165, 1.54) is 4.88 Å². The molecule has 0 saturated carbocycles. The Labute approximate surface area is 152 Å². The van der Waals surface area contributed by atoms with Crippen molar-refractivity contribution < 1.29 is 9.53 Å². The van der Waals surface area contributed by atoms with Crippen LogP contribution in [0.25, 0.3) is 0 Å². The average Bonchev–Trinajstić information content (AvgIpc) is 3.09. The van der Waals surface area contributed by atoms with Crippen molar-refractivity contribution in [2.45, 2.75) is 30.9 Å². The van der Waals surface area contributed by atoms with Crippen LogP contribution in [-0.2, 0) is 10.5 Å². The summed E-state index contributed by atoms with van der Waals surface area (Å²) < 4.78 is 5.53. The molecule has 0 aliphatic carbocycles. The zero-order valence-corrected chi connectivity index (χ0v) is 15.9.